The smallest absolute Gasteiger partial charge is 0.317 e. The largest absolute Gasteiger partial charge is 0.393 e. The van der Waals surface area contributed by atoms with E-state index in [1.165, 1.54) is 0 Å². The van der Waals surface area contributed by atoms with Crippen LogP contribution in [0, 0.1) is 11.8 Å². The van der Waals surface area contributed by atoms with E-state index in [4.69, 9.17) is 4.74 Å². The van der Waals surface area contributed by atoms with E-state index in [1.54, 1.807) is 0 Å². The molecule has 2 aliphatic carbocycles. The third-order valence-electron chi connectivity index (χ3n) is 2.88. The Hall–Kier alpha value is -1.38. The molecule has 15 heavy (non-hydrogen) atoms. The second-order valence-electron chi connectivity index (χ2n) is 4.02. The van der Waals surface area contributed by atoms with Crippen molar-refractivity contribution in [1.29, 1.82) is 0 Å². The minimum atomic E-state index is -0.364. The SMILES string of the molecule is O=C(OC(=O)C1CC=CC1)C1CC=CC1. The Morgan fingerprint density at radius 2 is 1.13 bits per heavy atom. The van der Waals surface area contributed by atoms with Gasteiger partial charge in [-0.25, -0.2) is 0 Å². The van der Waals surface area contributed by atoms with Crippen LogP contribution in [0.1, 0.15) is 25.7 Å². The molecule has 0 aromatic carbocycles. The van der Waals surface area contributed by atoms with Crippen LogP contribution in [0.2, 0.25) is 0 Å². The number of carbonyl (C=O) groups excluding carboxylic acids is 2. The summed E-state index contributed by atoms with van der Waals surface area (Å²) in [7, 11) is 0. The van der Waals surface area contributed by atoms with Crippen LogP contribution in [-0.4, -0.2) is 11.9 Å². The second kappa shape index (κ2) is 4.43. The Balaban J connectivity index is 1.80. The molecule has 0 heterocycles. The zero-order valence-electron chi connectivity index (χ0n) is 8.52. The third kappa shape index (κ3) is 2.35. The van der Waals surface area contributed by atoms with Crippen molar-refractivity contribution in [3.63, 3.8) is 0 Å². The van der Waals surface area contributed by atoms with Crippen LogP contribution >= 0.6 is 0 Å². The van der Waals surface area contributed by atoms with Gasteiger partial charge in [0.1, 0.15) is 0 Å². The predicted molar refractivity (Wildman–Crippen MR) is 54.8 cm³/mol. The molecule has 0 aliphatic heterocycles. The van der Waals surface area contributed by atoms with Crippen molar-refractivity contribution in [2.45, 2.75) is 25.7 Å². The molecule has 0 amide bonds. The standard InChI is InChI=1S/C12H14O3/c13-11(9-5-1-2-6-9)15-12(14)10-7-3-4-8-10/h1-4,9-10H,5-8H2. The minimum Gasteiger partial charge on any atom is -0.393 e. The summed E-state index contributed by atoms with van der Waals surface area (Å²) in [4.78, 5) is 23.0. The van der Waals surface area contributed by atoms with Crippen LogP contribution in [0.5, 0.6) is 0 Å². The van der Waals surface area contributed by atoms with Gasteiger partial charge in [0.2, 0.25) is 0 Å². The summed E-state index contributed by atoms with van der Waals surface area (Å²) in [5, 5.41) is 0. The lowest BCUT2D eigenvalue weighted by Gasteiger charge is -2.11. The zero-order chi connectivity index (χ0) is 10.7. The van der Waals surface area contributed by atoms with Crippen molar-refractivity contribution in [3.05, 3.63) is 24.3 Å². The average molecular weight is 206 g/mol. The van der Waals surface area contributed by atoms with Gasteiger partial charge in [-0.2, -0.15) is 0 Å². The molecule has 3 heteroatoms. The van der Waals surface area contributed by atoms with Gasteiger partial charge in [0.05, 0.1) is 11.8 Å². The molecule has 0 bridgehead atoms. The van der Waals surface area contributed by atoms with E-state index < -0.39 is 0 Å². The van der Waals surface area contributed by atoms with Gasteiger partial charge in [-0.1, -0.05) is 24.3 Å². The average Bonchev–Trinajstić information content (AvgIpc) is 2.91. The number of allylic oxidation sites excluding steroid dienone is 4. The molecule has 0 N–H and O–H groups in total. The molecule has 0 fully saturated rings. The van der Waals surface area contributed by atoms with E-state index in [0.717, 1.165) is 0 Å². The van der Waals surface area contributed by atoms with E-state index in [-0.39, 0.29) is 23.8 Å². The van der Waals surface area contributed by atoms with Gasteiger partial charge >= 0.3 is 11.9 Å². The topological polar surface area (TPSA) is 43.4 Å². The van der Waals surface area contributed by atoms with Crippen molar-refractivity contribution in [1.82, 2.24) is 0 Å². The molecule has 3 nitrogen and oxygen atoms in total. The normalized spacial score (nSPS) is 21.1. The Morgan fingerprint density at radius 1 is 0.800 bits per heavy atom. The molecule has 0 saturated carbocycles. The first kappa shape index (κ1) is 10.1. The first-order chi connectivity index (χ1) is 7.27. The summed E-state index contributed by atoms with van der Waals surface area (Å²) < 4.78 is 4.86. The molecule has 0 saturated heterocycles. The number of esters is 2. The maximum atomic E-state index is 11.5. The fourth-order valence-electron chi connectivity index (χ4n) is 1.89. The molecular weight excluding hydrogens is 192 g/mol. The minimum absolute atomic E-state index is 0.136. The molecule has 0 aromatic heterocycles. The number of ether oxygens (including phenoxy) is 1. The Kier molecular flexibility index (Phi) is 2.99. The number of carbonyl (C=O) groups is 2. The van der Waals surface area contributed by atoms with Crippen LogP contribution in [0.4, 0.5) is 0 Å². The van der Waals surface area contributed by atoms with Crippen LogP contribution in [-0.2, 0) is 14.3 Å². The molecule has 0 spiro atoms. The van der Waals surface area contributed by atoms with Crippen LogP contribution < -0.4 is 0 Å². The molecule has 0 aromatic rings. The van der Waals surface area contributed by atoms with E-state index in [0.29, 0.717) is 25.7 Å². The summed E-state index contributed by atoms with van der Waals surface area (Å²) >= 11 is 0. The lowest BCUT2D eigenvalue weighted by Crippen LogP contribution is -2.23. The number of hydrogen-bond acceptors (Lipinski definition) is 3. The first-order valence-corrected chi connectivity index (χ1v) is 5.33. The fraction of sp³-hybridized carbons (Fsp3) is 0.500. The van der Waals surface area contributed by atoms with E-state index >= 15 is 0 Å². The highest BCUT2D eigenvalue weighted by molar-refractivity contribution is 5.88. The highest BCUT2D eigenvalue weighted by Gasteiger charge is 2.27. The van der Waals surface area contributed by atoms with Crippen molar-refractivity contribution >= 4 is 11.9 Å². The van der Waals surface area contributed by atoms with Crippen molar-refractivity contribution in [2.24, 2.45) is 11.8 Å². The number of hydrogen-bond donors (Lipinski definition) is 0. The summed E-state index contributed by atoms with van der Waals surface area (Å²) in [5.41, 5.74) is 0. The highest BCUT2D eigenvalue weighted by Crippen LogP contribution is 2.22. The van der Waals surface area contributed by atoms with Crippen molar-refractivity contribution < 1.29 is 14.3 Å². The Labute approximate surface area is 88.8 Å². The van der Waals surface area contributed by atoms with Crippen LogP contribution in [0.3, 0.4) is 0 Å². The maximum absolute atomic E-state index is 11.5. The van der Waals surface area contributed by atoms with E-state index in [9.17, 15) is 9.59 Å². The lowest BCUT2D eigenvalue weighted by molar-refractivity contribution is -0.165. The number of rotatable bonds is 2. The van der Waals surface area contributed by atoms with Gasteiger partial charge in [0.25, 0.3) is 0 Å². The summed E-state index contributed by atoms with van der Waals surface area (Å²) in [6.45, 7) is 0. The molecule has 80 valence electrons. The summed E-state index contributed by atoms with van der Waals surface area (Å²) in [5.74, 6) is -1.000. The quantitative estimate of drug-likeness (QED) is 0.394. The van der Waals surface area contributed by atoms with Gasteiger partial charge in [-0.3, -0.25) is 9.59 Å². The van der Waals surface area contributed by atoms with Gasteiger partial charge < -0.3 is 4.74 Å². The zero-order valence-corrected chi connectivity index (χ0v) is 8.52. The fourth-order valence-corrected chi connectivity index (χ4v) is 1.89. The second-order valence-corrected chi connectivity index (χ2v) is 4.02. The molecular formula is C12H14O3. The Bertz CT molecular complexity index is 280. The third-order valence-corrected chi connectivity index (χ3v) is 2.88. The molecule has 2 rings (SSSR count). The van der Waals surface area contributed by atoms with E-state index in [1.807, 2.05) is 24.3 Å². The Morgan fingerprint density at radius 3 is 1.47 bits per heavy atom. The van der Waals surface area contributed by atoms with Gasteiger partial charge in [0, 0.05) is 0 Å². The van der Waals surface area contributed by atoms with Crippen molar-refractivity contribution in [3.8, 4) is 0 Å². The highest BCUT2D eigenvalue weighted by atomic mass is 16.6. The lowest BCUT2D eigenvalue weighted by atomic mass is 10.1. The first-order valence-electron chi connectivity index (χ1n) is 5.33. The van der Waals surface area contributed by atoms with Crippen LogP contribution in [0.25, 0.3) is 0 Å². The van der Waals surface area contributed by atoms with E-state index in [2.05, 4.69) is 0 Å². The van der Waals surface area contributed by atoms with Gasteiger partial charge in [-0.15, -0.1) is 0 Å². The maximum Gasteiger partial charge on any atom is 0.317 e. The summed E-state index contributed by atoms with van der Waals surface area (Å²) in [6.07, 6.45) is 10.6. The molecule has 0 atom stereocenters. The monoisotopic (exact) mass is 206 g/mol. The molecule has 2 aliphatic rings. The van der Waals surface area contributed by atoms with Gasteiger partial charge in [0.15, 0.2) is 0 Å². The summed E-state index contributed by atoms with van der Waals surface area (Å²) in [6, 6.07) is 0. The molecule has 0 radical (unpaired) electrons. The van der Waals surface area contributed by atoms with Gasteiger partial charge in [-0.05, 0) is 25.7 Å². The molecule has 0 unspecified atom stereocenters. The van der Waals surface area contributed by atoms with Crippen molar-refractivity contribution in [2.75, 3.05) is 0 Å². The van der Waals surface area contributed by atoms with Crippen LogP contribution in [0.15, 0.2) is 24.3 Å². The predicted octanol–water partition coefficient (Wildman–Crippen LogP) is 1.99.